The number of anilines is 1. The Morgan fingerprint density at radius 3 is 2.72 bits per heavy atom. The second kappa shape index (κ2) is 6.76. The topological polar surface area (TPSA) is 66.8 Å². The van der Waals surface area contributed by atoms with E-state index in [1.165, 1.54) is 11.8 Å². The van der Waals surface area contributed by atoms with Crippen molar-refractivity contribution in [3.05, 3.63) is 29.3 Å². The SMILES string of the molecule is CCc1cccc(C)c1N1C(=NC(=O)C(C)C)SC2CS(=O)(=O)CC21. The molecule has 2 atom stereocenters. The van der Waals surface area contributed by atoms with Crippen molar-refractivity contribution in [2.75, 3.05) is 16.4 Å². The van der Waals surface area contributed by atoms with Crippen molar-refractivity contribution in [2.24, 2.45) is 10.9 Å². The molecule has 136 valence electrons. The number of benzene rings is 1. The molecule has 2 saturated heterocycles. The zero-order chi connectivity index (χ0) is 18.4. The molecule has 0 bridgehead atoms. The van der Waals surface area contributed by atoms with Gasteiger partial charge in [0, 0.05) is 16.9 Å². The molecule has 0 saturated carbocycles. The number of nitrogens with zero attached hydrogens (tertiary/aromatic N) is 2. The first-order valence-corrected chi connectivity index (χ1v) is 11.3. The second-order valence-corrected chi connectivity index (χ2v) is 10.4. The molecule has 1 aromatic rings. The number of sulfone groups is 1. The summed E-state index contributed by atoms with van der Waals surface area (Å²) in [6, 6.07) is 5.95. The van der Waals surface area contributed by atoms with Crippen molar-refractivity contribution >= 4 is 38.4 Å². The summed E-state index contributed by atoms with van der Waals surface area (Å²) in [5.41, 5.74) is 3.24. The minimum absolute atomic E-state index is 0.0620. The van der Waals surface area contributed by atoms with Gasteiger partial charge in [-0.3, -0.25) is 4.79 Å². The molecule has 0 aliphatic carbocycles. The fourth-order valence-corrected chi connectivity index (χ4v) is 7.30. The number of aryl methyl sites for hydroxylation is 2. The van der Waals surface area contributed by atoms with Crippen LogP contribution in [0.15, 0.2) is 23.2 Å². The molecule has 2 aliphatic heterocycles. The van der Waals surface area contributed by atoms with Crippen molar-refractivity contribution in [1.29, 1.82) is 0 Å². The maximum atomic E-state index is 12.2. The third-order valence-corrected chi connectivity index (χ3v) is 7.92. The molecule has 25 heavy (non-hydrogen) atoms. The van der Waals surface area contributed by atoms with Crippen molar-refractivity contribution < 1.29 is 13.2 Å². The van der Waals surface area contributed by atoms with Gasteiger partial charge < -0.3 is 4.90 Å². The number of amidine groups is 1. The molecule has 1 aromatic carbocycles. The summed E-state index contributed by atoms with van der Waals surface area (Å²) in [6.45, 7) is 7.76. The van der Waals surface area contributed by atoms with Gasteiger partial charge in [-0.25, -0.2) is 8.42 Å². The molecule has 3 rings (SSSR count). The van der Waals surface area contributed by atoms with Gasteiger partial charge in [-0.05, 0) is 24.5 Å². The highest BCUT2D eigenvalue weighted by molar-refractivity contribution is 8.16. The first-order chi connectivity index (χ1) is 11.7. The summed E-state index contributed by atoms with van der Waals surface area (Å²) in [6.07, 6.45) is 0.841. The predicted molar refractivity (Wildman–Crippen MR) is 104 cm³/mol. The number of thioether (sulfide) groups is 1. The maximum absolute atomic E-state index is 12.2. The Morgan fingerprint density at radius 2 is 2.08 bits per heavy atom. The molecule has 2 unspecified atom stereocenters. The number of hydrogen-bond donors (Lipinski definition) is 0. The fraction of sp³-hybridized carbons (Fsp3) is 0.556. The summed E-state index contributed by atoms with van der Waals surface area (Å²) in [5, 5.41) is 0.584. The summed E-state index contributed by atoms with van der Waals surface area (Å²) in [4.78, 5) is 18.6. The molecule has 7 heteroatoms. The normalized spacial score (nSPS) is 26.4. The van der Waals surface area contributed by atoms with Gasteiger partial charge in [-0.1, -0.05) is 50.7 Å². The zero-order valence-electron chi connectivity index (χ0n) is 15.0. The number of carbonyl (C=O) groups excluding carboxylic acids is 1. The number of para-hydroxylation sites is 1. The van der Waals surface area contributed by atoms with E-state index in [9.17, 15) is 13.2 Å². The lowest BCUT2D eigenvalue weighted by molar-refractivity contribution is -0.120. The van der Waals surface area contributed by atoms with Crippen molar-refractivity contribution in [3.8, 4) is 0 Å². The zero-order valence-corrected chi connectivity index (χ0v) is 16.7. The molecule has 5 nitrogen and oxygen atoms in total. The highest BCUT2D eigenvalue weighted by Gasteiger charge is 2.50. The largest absolute Gasteiger partial charge is 0.315 e. The van der Waals surface area contributed by atoms with Crippen LogP contribution in [0.3, 0.4) is 0 Å². The third kappa shape index (κ3) is 3.49. The molecule has 0 aromatic heterocycles. The van der Waals surface area contributed by atoms with E-state index in [2.05, 4.69) is 18.0 Å². The minimum atomic E-state index is -3.05. The van der Waals surface area contributed by atoms with Crippen molar-refractivity contribution in [3.63, 3.8) is 0 Å². The fourth-order valence-electron chi connectivity index (χ4n) is 3.40. The van der Waals surface area contributed by atoms with E-state index < -0.39 is 9.84 Å². The predicted octanol–water partition coefficient (Wildman–Crippen LogP) is 2.81. The van der Waals surface area contributed by atoms with Gasteiger partial charge in [0.2, 0.25) is 0 Å². The monoisotopic (exact) mass is 380 g/mol. The van der Waals surface area contributed by atoms with Gasteiger partial charge in [0.25, 0.3) is 5.91 Å². The van der Waals surface area contributed by atoms with E-state index in [1.54, 1.807) is 0 Å². The van der Waals surface area contributed by atoms with Crippen LogP contribution >= 0.6 is 11.8 Å². The van der Waals surface area contributed by atoms with Crippen LogP contribution in [0.1, 0.15) is 31.9 Å². The van der Waals surface area contributed by atoms with Crippen LogP contribution in [0.2, 0.25) is 0 Å². The van der Waals surface area contributed by atoms with Crippen LogP contribution in [0.25, 0.3) is 0 Å². The van der Waals surface area contributed by atoms with E-state index in [0.29, 0.717) is 5.17 Å². The van der Waals surface area contributed by atoms with Gasteiger partial charge in [0.15, 0.2) is 15.0 Å². The van der Waals surface area contributed by atoms with Crippen LogP contribution in [-0.4, -0.2) is 42.3 Å². The number of hydrogen-bond acceptors (Lipinski definition) is 4. The van der Waals surface area contributed by atoms with Crippen molar-refractivity contribution in [1.82, 2.24) is 0 Å². The van der Waals surface area contributed by atoms with Gasteiger partial charge in [-0.2, -0.15) is 4.99 Å². The molecular formula is C18H24N2O3S2. The van der Waals surface area contributed by atoms with Gasteiger partial charge in [0.1, 0.15) is 0 Å². The number of amides is 1. The van der Waals surface area contributed by atoms with Crippen LogP contribution < -0.4 is 4.90 Å². The average molecular weight is 381 g/mol. The second-order valence-electron chi connectivity index (χ2n) is 6.99. The molecular weight excluding hydrogens is 356 g/mol. The van der Waals surface area contributed by atoms with E-state index >= 15 is 0 Å². The number of carbonyl (C=O) groups is 1. The number of fused-ring (bicyclic) bond motifs is 1. The summed E-state index contributed by atoms with van der Waals surface area (Å²) in [7, 11) is -3.05. The van der Waals surface area contributed by atoms with E-state index in [1.807, 2.05) is 37.8 Å². The maximum Gasteiger partial charge on any atom is 0.250 e. The first-order valence-electron chi connectivity index (χ1n) is 8.61. The summed E-state index contributed by atoms with van der Waals surface area (Å²) in [5.74, 6) is -0.0680. The number of rotatable bonds is 3. The lowest BCUT2D eigenvalue weighted by atomic mass is 10.0. The Bertz CT molecular complexity index is 831. The third-order valence-electron chi connectivity index (χ3n) is 4.71. The van der Waals surface area contributed by atoms with Crippen LogP contribution in [0.5, 0.6) is 0 Å². The molecule has 0 radical (unpaired) electrons. The smallest absolute Gasteiger partial charge is 0.250 e. The van der Waals surface area contributed by atoms with E-state index in [0.717, 1.165) is 23.2 Å². The molecule has 2 aliphatic rings. The lowest BCUT2D eigenvalue weighted by Gasteiger charge is -2.28. The van der Waals surface area contributed by atoms with Gasteiger partial charge in [-0.15, -0.1) is 0 Å². The van der Waals surface area contributed by atoms with E-state index in [4.69, 9.17) is 0 Å². The number of aliphatic imine (C=N–C) groups is 1. The Morgan fingerprint density at radius 1 is 1.36 bits per heavy atom. The Labute approximate surface area is 153 Å². The minimum Gasteiger partial charge on any atom is -0.315 e. The van der Waals surface area contributed by atoms with Crippen LogP contribution in [-0.2, 0) is 21.1 Å². The highest BCUT2D eigenvalue weighted by Crippen LogP contribution is 2.43. The van der Waals surface area contributed by atoms with Gasteiger partial charge >= 0.3 is 0 Å². The van der Waals surface area contributed by atoms with E-state index in [-0.39, 0.29) is 34.6 Å². The molecule has 2 fully saturated rings. The molecule has 0 N–H and O–H groups in total. The van der Waals surface area contributed by atoms with Crippen LogP contribution in [0.4, 0.5) is 5.69 Å². The quantitative estimate of drug-likeness (QED) is 0.807. The van der Waals surface area contributed by atoms with Crippen LogP contribution in [0, 0.1) is 12.8 Å². The average Bonchev–Trinajstić information content (AvgIpc) is 2.98. The first kappa shape index (κ1) is 18.5. The summed E-state index contributed by atoms with van der Waals surface area (Å²) >= 11 is 1.44. The highest BCUT2D eigenvalue weighted by atomic mass is 32.2. The Hall–Kier alpha value is -1.34. The molecule has 0 spiro atoms. The van der Waals surface area contributed by atoms with Crippen molar-refractivity contribution in [2.45, 2.75) is 45.4 Å². The Balaban J connectivity index is 2.12. The molecule has 2 heterocycles. The van der Waals surface area contributed by atoms with Gasteiger partial charge in [0.05, 0.1) is 17.5 Å². The Kier molecular flexibility index (Phi) is 4.99. The lowest BCUT2D eigenvalue weighted by Crippen LogP contribution is -2.39. The molecule has 1 amide bonds. The summed E-state index contributed by atoms with van der Waals surface area (Å²) < 4.78 is 24.3. The standard InChI is InChI=1S/C18H24N2O3S2/c1-5-13-8-6-7-12(4)16(13)20-14-9-25(22,23)10-15(14)24-18(20)19-17(21)11(2)3/h6-8,11,14-15H,5,9-10H2,1-4H3.